The molecule has 2 heterocycles. The number of methoxy groups -OCH3 is 2. The van der Waals surface area contributed by atoms with Crippen molar-refractivity contribution in [1.29, 1.82) is 0 Å². The number of morpholine rings is 1. The van der Waals surface area contributed by atoms with Crippen LogP contribution in [0.4, 0.5) is 5.13 Å². The first-order valence-corrected chi connectivity index (χ1v) is 11.6. The molecule has 1 amide bonds. The quantitative estimate of drug-likeness (QED) is 0.468. The summed E-state index contributed by atoms with van der Waals surface area (Å²) in [5.41, 5.74) is 1.05. The number of carbonyl (C=O) groups excluding carboxylic acids is 2. The molecule has 0 spiro atoms. The van der Waals surface area contributed by atoms with Gasteiger partial charge in [0.15, 0.2) is 5.13 Å². The van der Waals surface area contributed by atoms with Crippen molar-refractivity contribution >= 4 is 50.2 Å². The average Bonchev–Trinajstić information content (AvgIpc) is 3.30. The van der Waals surface area contributed by atoms with E-state index >= 15 is 0 Å². The third-order valence-corrected chi connectivity index (χ3v) is 6.99. The maximum absolute atomic E-state index is 13.8. The van der Waals surface area contributed by atoms with Gasteiger partial charge in [-0.1, -0.05) is 35.1 Å². The lowest BCUT2D eigenvalue weighted by atomic mass is 10.1. The Balaban J connectivity index is 1.74. The predicted octanol–water partition coefficient (Wildman–Crippen LogP) is 3.72. The van der Waals surface area contributed by atoms with Crippen molar-refractivity contribution in [2.24, 2.45) is 0 Å². The van der Waals surface area contributed by atoms with Crippen LogP contribution in [0, 0.1) is 0 Å². The summed E-state index contributed by atoms with van der Waals surface area (Å²) >= 11 is 7.73. The second-order valence-corrected chi connectivity index (χ2v) is 8.76. The minimum Gasteiger partial charge on any atom is -0.494 e. The number of anilines is 1. The molecule has 174 valence electrons. The van der Waals surface area contributed by atoms with E-state index < -0.39 is 5.97 Å². The van der Waals surface area contributed by atoms with Gasteiger partial charge in [0.05, 0.1) is 48.3 Å². The number of hydrogen-bond donors (Lipinski definition) is 0. The van der Waals surface area contributed by atoms with E-state index in [4.69, 9.17) is 30.8 Å². The minimum absolute atomic E-state index is 0.207. The molecule has 33 heavy (non-hydrogen) atoms. The number of carbonyl (C=O) groups is 2. The number of ether oxygens (including phenoxy) is 3. The van der Waals surface area contributed by atoms with E-state index in [-0.39, 0.29) is 17.0 Å². The highest BCUT2D eigenvalue weighted by Gasteiger charge is 2.27. The Morgan fingerprint density at radius 2 is 1.88 bits per heavy atom. The number of thiazole rings is 1. The van der Waals surface area contributed by atoms with Crippen LogP contribution in [0.1, 0.15) is 20.7 Å². The van der Waals surface area contributed by atoms with Gasteiger partial charge in [-0.2, -0.15) is 0 Å². The number of rotatable bonds is 7. The van der Waals surface area contributed by atoms with Crippen molar-refractivity contribution in [3.05, 3.63) is 52.5 Å². The van der Waals surface area contributed by atoms with Crippen LogP contribution >= 0.6 is 22.9 Å². The van der Waals surface area contributed by atoms with Gasteiger partial charge in [0.2, 0.25) is 0 Å². The molecule has 0 atom stereocenters. The van der Waals surface area contributed by atoms with Crippen molar-refractivity contribution in [3.8, 4) is 5.75 Å². The predicted molar refractivity (Wildman–Crippen MR) is 128 cm³/mol. The van der Waals surface area contributed by atoms with Crippen molar-refractivity contribution in [2.75, 3.05) is 58.5 Å². The summed E-state index contributed by atoms with van der Waals surface area (Å²) in [6.45, 7) is 3.92. The second-order valence-electron chi connectivity index (χ2n) is 7.37. The smallest absolute Gasteiger partial charge is 0.338 e. The Kier molecular flexibility index (Phi) is 7.44. The molecular formula is C23H24ClN3O5S. The SMILES string of the molecule is COC(=O)c1ccccc1C(=O)N(CCN1CCOCC1)c1nc2c(OC)ccc(Cl)c2s1. The first-order valence-electron chi connectivity index (χ1n) is 10.5. The highest BCUT2D eigenvalue weighted by molar-refractivity contribution is 7.23. The van der Waals surface area contributed by atoms with E-state index in [9.17, 15) is 9.59 Å². The van der Waals surface area contributed by atoms with Crippen LogP contribution in [-0.4, -0.2) is 75.4 Å². The molecule has 0 saturated carbocycles. The van der Waals surface area contributed by atoms with Crippen LogP contribution in [0.25, 0.3) is 10.2 Å². The maximum Gasteiger partial charge on any atom is 0.338 e. The highest BCUT2D eigenvalue weighted by Crippen LogP contribution is 2.39. The van der Waals surface area contributed by atoms with Gasteiger partial charge >= 0.3 is 5.97 Å². The third kappa shape index (κ3) is 4.96. The molecule has 1 aliphatic rings. The summed E-state index contributed by atoms with van der Waals surface area (Å²) in [6.07, 6.45) is 0. The average molecular weight is 490 g/mol. The van der Waals surface area contributed by atoms with E-state index in [1.165, 1.54) is 18.4 Å². The fraction of sp³-hybridized carbons (Fsp3) is 0.348. The van der Waals surface area contributed by atoms with Crippen molar-refractivity contribution in [2.45, 2.75) is 0 Å². The van der Waals surface area contributed by atoms with Gasteiger partial charge in [0.1, 0.15) is 11.3 Å². The largest absolute Gasteiger partial charge is 0.494 e. The van der Waals surface area contributed by atoms with Gasteiger partial charge in [-0.25, -0.2) is 9.78 Å². The zero-order chi connectivity index (χ0) is 23.4. The lowest BCUT2D eigenvalue weighted by Crippen LogP contribution is -2.43. The van der Waals surface area contributed by atoms with Gasteiger partial charge in [-0.15, -0.1) is 0 Å². The second kappa shape index (κ2) is 10.5. The van der Waals surface area contributed by atoms with Crippen LogP contribution in [0.15, 0.2) is 36.4 Å². The zero-order valence-electron chi connectivity index (χ0n) is 18.4. The maximum atomic E-state index is 13.8. The summed E-state index contributed by atoms with van der Waals surface area (Å²) in [7, 11) is 2.86. The Morgan fingerprint density at radius 3 is 2.58 bits per heavy atom. The van der Waals surface area contributed by atoms with Crippen LogP contribution in [-0.2, 0) is 9.47 Å². The van der Waals surface area contributed by atoms with Crippen LogP contribution < -0.4 is 9.64 Å². The van der Waals surface area contributed by atoms with Crippen LogP contribution in [0.3, 0.4) is 0 Å². The van der Waals surface area contributed by atoms with Crippen molar-refractivity contribution < 1.29 is 23.8 Å². The Labute approximate surface area is 200 Å². The minimum atomic E-state index is -0.568. The molecule has 10 heteroatoms. The summed E-state index contributed by atoms with van der Waals surface area (Å²) in [4.78, 5) is 34.6. The summed E-state index contributed by atoms with van der Waals surface area (Å²) in [5.74, 6) is -0.327. The highest BCUT2D eigenvalue weighted by atomic mass is 35.5. The van der Waals surface area contributed by atoms with Crippen molar-refractivity contribution in [1.82, 2.24) is 9.88 Å². The summed E-state index contributed by atoms with van der Waals surface area (Å²) < 4.78 is 16.5. The number of esters is 1. The molecule has 0 unspecified atom stereocenters. The number of nitrogens with zero attached hydrogens (tertiary/aromatic N) is 3. The first-order chi connectivity index (χ1) is 16.0. The fourth-order valence-corrected chi connectivity index (χ4v) is 4.96. The molecule has 8 nitrogen and oxygen atoms in total. The Bertz CT molecular complexity index is 1160. The molecule has 2 aromatic carbocycles. The van der Waals surface area contributed by atoms with Crippen LogP contribution in [0.5, 0.6) is 5.75 Å². The molecule has 0 bridgehead atoms. The molecular weight excluding hydrogens is 466 g/mol. The van der Waals surface area contributed by atoms with Crippen LogP contribution in [0.2, 0.25) is 5.02 Å². The van der Waals surface area contributed by atoms with E-state index in [2.05, 4.69) is 4.90 Å². The van der Waals surface area contributed by atoms with E-state index in [1.54, 1.807) is 48.4 Å². The van der Waals surface area contributed by atoms with E-state index in [0.717, 1.165) is 17.8 Å². The molecule has 1 fully saturated rings. The van der Waals surface area contributed by atoms with E-state index in [0.29, 0.717) is 47.7 Å². The molecule has 0 aliphatic carbocycles. The zero-order valence-corrected chi connectivity index (χ0v) is 19.9. The van der Waals surface area contributed by atoms with Gasteiger partial charge < -0.3 is 14.2 Å². The molecule has 1 saturated heterocycles. The topological polar surface area (TPSA) is 81.2 Å². The lowest BCUT2D eigenvalue weighted by molar-refractivity contribution is 0.0390. The number of fused-ring (bicyclic) bond motifs is 1. The summed E-state index contributed by atoms with van der Waals surface area (Å²) in [6, 6.07) is 10.1. The molecule has 4 rings (SSSR count). The molecule has 0 radical (unpaired) electrons. The summed E-state index contributed by atoms with van der Waals surface area (Å²) in [5, 5.41) is 1.01. The number of halogens is 1. The Morgan fingerprint density at radius 1 is 1.15 bits per heavy atom. The Hall–Kier alpha value is -2.72. The lowest BCUT2D eigenvalue weighted by Gasteiger charge is -2.29. The monoisotopic (exact) mass is 489 g/mol. The normalized spacial score (nSPS) is 14.3. The fourth-order valence-electron chi connectivity index (χ4n) is 3.67. The standard InChI is InChI=1S/C23H24ClN3O5S/c1-30-18-8-7-17(24)20-19(18)25-23(33-20)27(10-9-26-11-13-32-14-12-26)21(28)15-5-3-4-6-16(15)22(29)31-2/h3-8H,9-14H2,1-2H3. The van der Waals surface area contributed by atoms with Gasteiger partial charge in [0, 0.05) is 26.2 Å². The first kappa shape index (κ1) is 23.4. The number of benzene rings is 2. The van der Waals surface area contributed by atoms with Crippen molar-refractivity contribution in [3.63, 3.8) is 0 Å². The number of amides is 1. The number of hydrogen-bond acceptors (Lipinski definition) is 8. The molecule has 3 aromatic rings. The van der Waals surface area contributed by atoms with Gasteiger partial charge in [-0.05, 0) is 24.3 Å². The number of aromatic nitrogens is 1. The molecule has 1 aromatic heterocycles. The molecule has 0 N–H and O–H groups in total. The third-order valence-electron chi connectivity index (χ3n) is 5.45. The van der Waals surface area contributed by atoms with E-state index in [1.807, 2.05) is 0 Å². The van der Waals surface area contributed by atoms with Gasteiger partial charge in [0.25, 0.3) is 5.91 Å². The molecule has 1 aliphatic heterocycles. The van der Waals surface area contributed by atoms with Gasteiger partial charge in [-0.3, -0.25) is 14.6 Å².